The first-order chi connectivity index (χ1) is 7.75. The normalized spacial score (nSPS) is 20.1. The van der Waals surface area contributed by atoms with Gasteiger partial charge in [-0.25, -0.2) is 0 Å². The Morgan fingerprint density at radius 1 is 1.38 bits per heavy atom. The van der Waals surface area contributed by atoms with Crippen molar-refractivity contribution in [2.45, 2.75) is 32.4 Å². The van der Waals surface area contributed by atoms with Crippen LogP contribution in [0, 0.1) is 0 Å². The number of nitrogens with one attached hydrogen (secondary N) is 1. The highest BCUT2D eigenvalue weighted by Gasteiger charge is 2.16. The molecule has 1 aromatic rings. The summed E-state index contributed by atoms with van der Waals surface area (Å²) in [7, 11) is 0. The molecule has 0 aliphatic carbocycles. The minimum absolute atomic E-state index is 0.223. The van der Waals surface area contributed by atoms with Crippen LogP contribution in [-0.2, 0) is 0 Å². The Balaban J connectivity index is 2.06. The van der Waals surface area contributed by atoms with Gasteiger partial charge in [-0.05, 0) is 38.2 Å². The Morgan fingerprint density at radius 3 is 2.88 bits per heavy atom. The average Bonchev–Trinajstić information content (AvgIpc) is 2.73. The molecule has 2 nitrogen and oxygen atoms in total. The molecule has 3 heteroatoms. The Labute approximate surface area is 102 Å². The molecule has 0 saturated carbocycles. The molecule has 16 heavy (non-hydrogen) atoms. The summed E-state index contributed by atoms with van der Waals surface area (Å²) >= 11 is 2.02. The fourth-order valence-electron chi connectivity index (χ4n) is 1.81. The molecule has 0 bridgehead atoms. The zero-order valence-electron chi connectivity index (χ0n) is 9.90. The van der Waals surface area contributed by atoms with Gasteiger partial charge >= 0.3 is 0 Å². The molecular weight excluding hydrogens is 218 g/mol. The third kappa shape index (κ3) is 3.08. The average molecular weight is 237 g/mol. The summed E-state index contributed by atoms with van der Waals surface area (Å²) in [6.45, 7) is 4.12. The van der Waals surface area contributed by atoms with Crippen LogP contribution in [0.25, 0.3) is 0 Å². The maximum absolute atomic E-state index is 5.79. The van der Waals surface area contributed by atoms with Crippen molar-refractivity contribution >= 4 is 17.4 Å². The molecule has 0 amide bonds. The highest BCUT2D eigenvalue weighted by Crippen LogP contribution is 2.28. The second kappa shape index (κ2) is 5.48. The molecule has 1 unspecified atom stereocenters. The van der Waals surface area contributed by atoms with Crippen molar-refractivity contribution in [3.8, 4) is 5.75 Å². The summed E-state index contributed by atoms with van der Waals surface area (Å²) in [6, 6.07) is 8.80. The van der Waals surface area contributed by atoms with Crippen molar-refractivity contribution in [2.24, 2.45) is 0 Å². The fourth-order valence-corrected chi connectivity index (χ4v) is 2.96. The van der Waals surface area contributed by atoms with Crippen molar-refractivity contribution in [3.63, 3.8) is 0 Å². The van der Waals surface area contributed by atoms with Crippen LogP contribution in [0.15, 0.2) is 24.3 Å². The fraction of sp³-hybridized carbons (Fsp3) is 0.538. The van der Waals surface area contributed by atoms with Crippen LogP contribution in [0.2, 0.25) is 0 Å². The zero-order valence-corrected chi connectivity index (χ0v) is 10.7. The van der Waals surface area contributed by atoms with E-state index < -0.39 is 0 Å². The topological polar surface area (TPSA) is 21.3 Å². The summed E-state index contributed by atoms with van der Waals surface area (Å²) in [5.41, 5.74) is 1.13. The lowest BCUT2D eigenvalue weighted by Crippen LogP contribution is -2.19. The SMILES string of the molecule is CC(C)Oc1ccccc1NC1CCSC1. The van der Waals surface area contributed by atoms with E-state index in [0.717, 1.165) is 11.4 Å². The maximum atomic E-state index is 5.79. The third-order valence-corrected chi connectivity index (χ3v) is 3.70. The molecule has 1 aliphatic heterocycles. The summed E-state index contributed by atoms with van der Waals surface area (Å²) in [4.78, 5) is 0. The van der Waals surface area contributed by atoms with Crippen molar-refractivity contribution < 1.29 is 4.74 Å². The van der Waals surface area contributed by atoms with Crippen LogP contribution in [0.1, 0.15) is 20.3 Å². The van der Waals surface area contributed by atoms with Crippen LogP contribution in [-0.4, -0.2) is 23.7 Å². The number of hydrogen-bond acceptors (Lipinski definition) is 3. The van der Waals surface area contributed by atoms with E-state index in [1.54, 1.807) is 0 Å². The Hall–Kier alpha value is -0.830. The lowest BCUT2D eigenvalue weighted by atomic mass is 10.2. The first-order valence-corrected chi connectivity index (χ1v) is 7.01. The number of para-hydroxylation sites is 2. The molecule has 1 aromatic carbocycles. The summed E-state index contributed by atoms with van der Waals surface area (Å²) in [5.74, 6) is 3.44. The monoisotopic (exact) mass is 237 g/mol. The second-order valence-electron chi connectivity index (χ2n) is 4.37. The van der Waals surface area contributed by atoms with Gasteiger partial charge in [0.15, 0.2) is 0 Å². The van der Waals surface area contributed by atoms with Crippen LogP contribution in [0.5, 0.6) is 5.75 Å². The predicted molar refractivity (Wildman–Crippen MR) is 71.6 cm³/mol. The van der Waals surface area contributed by atoms with Gasteiger partial charge in [-0.15, -0.1) is 0 Å². The van der Waals surface area contributed by atoms with E-state index >= 15 is 0 Å². The molecule has 0 radical (unpaired) electrons. The number of thioether (sulfide) groups is 1. The van der Waals surface area contributed by atoms with Gasteiger partial charge in [-0.1, -0.05) is 12.1 Å². The van der Waals surface area contributed by atoms with E-state index in [0.29, 0.717) is 6.04 Å². The molecule has 1 N–H and O–H groups in total. The summed E-state index contributed by atoms with van der Waals surface area (Å²) in [6.07, 6.45) is 1.47. The maximum Gasteiger partial charge on any atom is 0.142 e. The van der Waals surface area contributed by atoms with E-state index in [-0.39, 0.29) is 6.10 Å². The van der Waals surface area contributed by atoms with E-state index in [9.17, 15) is 0 Å². The molecule has 1 atom stereocenters. The summed E-state index contributed by atoms with van der Waals surface area (Å²) < 4.78 is 5.79. The molecule has 1 fully saturated rings. The second-order valence-corrected chi connectivity index (χ2v) is 5.52. The number of anilines is 1. The quantitative estimate of drug-likeness (QED) is 0.867. The van der Waals surface area contributed by atoms with Gasteiger partial charge in [0, 0.05) is 11.8 Å². The van der Waals surface area contributed by atoms with E-state index in [1.165, 1.54) is 17.9 Å². The molecule has 0 aromatic heterocycles. The largest absolute Gasteiger partial charge is 0.489 e. The molecule has 88 valence electrons. The van der Waals surface area contributed by atoms with Gasteiger partial charge in [-0.2, -0.15) is 11.8 Å². The smallest absolute Gasteiger partial charge is 0.142 e. The van der Waals surface area contributed by atoms with Crippen molar-refractivity contribution in [1.82, 2.24) is 0 Å². The minimum Gasteiger partial charge on any atom is -0.489 e. The number of ether oxygens (including phenoxy) is 1. The van der Waals surface area contributed by atoms with Crippen LogP contribution < -0.4 is 10.1 Å². The highest BCUT2D eigenvalue weighted by molar-refractivity contribution is 7.99. The van der Waals surface area contributed by atoms with Crippen LogP contribution >= 0.6 is 11.8 Å². The van der Waals surface area contributed by atoms with E-state index in [4.69, 9.17) is 4.74 Å². The molecular formula is C13H19NOS. The van der Waals surface area contributed by atoms with Gasteiger partial charge in [-0.3, -0.25) is 0 Å². The van der Waals surface area contributed by atoms with Crippen molar-refractivity contribution in [2.75, 3.05) is 16.8 Å². The third-order valence-electron chi connectivity index (χ3n) is 2.54. The van der Waals surface area contributed by atoms with Gasteiger partial charge < -0.3 is 10.1 Å². The van der Waals surface area contributed by atoms with Gasteiger partial charge in [0.05, 0.1) is 11.8 Å². The zero-order chi connectivity index (χ0) is 11.4. The molecule has 0 spiro atoms. The van der Waals surface area contributed by atoms with Gasteiger partial charge in [0.1, 0.15) is 5.75 Å². The Bertz CT molecular complexity index is 334. The van der Waals surface area contributed by atoms with Crippen molar-refractivity contribution in [3.05, 3.63) is 24.3 Å². The molecule has 2 rings (SSSR count). The van der Waals surface area contributed by atoms with Gasteiger partial charge in [0.25, 0.3) is 0 Å². The first kappa shape index (κ1) is 11.6. The first-order valence-electron chi connectivity index (χ1n) is 5.85. The van der Waals surface area contributed by atoms with Crippen molar-refractivity contribution in [1.29, 1.82) is 0 Å². The predicted octanol–water partition coefficient (Wildman–Crippen LogP) is 3.39. The van der Waals surface area contributed by atoms with Crippen LogP contribution in [0.3, 0.4) is 0 Å². The van der Waals surface area contributed by atoms with Gasteiger partial charge in [0.2, 0.25) is 0 Å². The standard InChI is InChI=1S/C13H19NOS/c1-10(2)15-13-6-4-3-5-12(13)14-11-7-8-16-9-11/h3-6,10-11,14H,7-9H2,1-2H3. The number of benzene rings is 1. The lowest BCUT2D eigenvalue weighted by molar-refractivity contribution is 0.243. The van der Waals surface area contributed by atoms with Crippen LogP contribution in [0.4, 0.5) is 5.69 Å². The van der Waals surface area contributed by atoms with E-state index in [1.807, 2.05) is 23.9 Å². The number of rotatable bonds is 4. The highest BCUT2D eigenvalue weighted by atomic mass is 32.2. The van der Waals surface area contributed by atoms with E-state index in [2.05, 4.69) is 31.3 Å². The Kier molecular flexibility index (Phi) is 3.99. The minimum atomic E-state index is 0.223. The number of hydrogen-bond donors (Lipinski definition) is 1. The molecule has 1 saturated heterocycles. The molecule has 1 heterocycles. The Morgan fingerprint density at radius 2 is 2.19 bits per heavy atom. The lowest BCUT2D eigenvalue weighted by Gasteiger charge is -2.18. The molecule has 1 aliphatic rings. The summed E-state index contributed by atoms with van der Waals surface area (Å²) in [5, 5.41) is 3.57.